The van der Waals surface area contributed by atoms with Gasteiger partial charge in [0.1, 0.15) is 0 Å². The van der Waals surface area contributed by atoms with Crippen molar-refractivity contribution in [3.63, 3.8) is 0 Å². The number of benzene rings is 2. The summed E-state index contributed by atoms with van der Waals surface area (Å²) in [6.07, 6.45) is 0.740. The number of carbonyl (C=O) groups is 2. The summed E-state index contributed by atoms with van der Waals surface area (Å²) in [4.78, 5) is 24.4. The summed E-state index contributed by atoms with van der Waals surface area (Å²) in [5.74, 6) is -3.85. The number of nitrogens with one attached hydrogen (secondary N) is 1. The Morgan fingerprint density at radius 2 is 1.78 bits per heavy atom. The van der Waals surface area contributed by atoms with Gasteiger partial charge in [0.25, 0.3) is 0 Å². The summed E-state index contributed by atoms with van der Waals surface area (Å²) in [6.45, 7) is 2.40. The van der Waals surface area contributed by atoms with Crippen molar-refractivity contribution in [2.45, 2.75) is 37.7 Å². The topological polar surface area (TPSA) is 103 Å². The summed E-state index contributed by atoms with van der Waals surface area (Å²) in [7, 11) is 2.26. The molecule has 172 valence electrons. The van der Waals surface area contributed by atoms with E-state index >= 15 is 0 Å². The molecule has 0 saturated carbocycles. The van der Waals surface area contributed by atoms with Gasteiger partial charge in [-0.05, 0) is 48.2 Å². The monoisotopic (exact) mass is 463 g/mol. The van der Waals surface area contributed by atoms with Crippen molar-refractivity contribution in [2.75, 3.05) is 20.8 Å². The third-order valence-electron chi connectivity index (χ3n) is 5.23. The first-order chi connectivity index (χ1) is 15.3. The van der Waals surface area contributed by atoms with Gasteiger partial charge in [-0.2, -0.15) is 0 Å². The Hall–Kier alpha value is -2.81. The van der Waals surface area contributed by atoms with Crippen LogP contribution in [0.15, 0.2) is 42.5 Å². The number of esters is 2. The second kappa shape index (κ2) is 10.2. The van der Waals surface area contributed by atoms with E-state index in [2.05, 4.69) is 14.8 Å². The molecule has 0 spiro atoms. The molecule has 32 heavy (non-hydrogen) atoms. The lowest BCUT2D eigenvalue weighted by Gasteiger charge is -2.21. The molecule has 3 rings (SSSR count). The zero-order valence-corrected chi connectivity index (χ0v) is 18.8. The molecule has 1 aliphatic heterocycles. The molecule has 0 aromatic heterocycles. The minimum Gasteiger partial charge on any atom is -0.463 e. The fraction of sp³-hybridized carbons (Fsp3) is 0.391. The fourth-order valence-electron chi connectivity index (χ4n) is 3.45. The average Bonchev–Trinajstić information content (AvgIpc) is 3.20. The molecule has 1 aliphatic rings. The molecule has 1 heterocycles. The van der Waals surface area contributed by atoms with Gasteiger partial charge < -0.3 is 29.4 Å². The third-order valence-corrected chi connectivity index (χ3v) is 5.47. The van der Waals surface area contributed by atoms with Crippen LogP contribution >= 0.6 is 11.6 Å². The SMILES string of the molecule is CCC(Cc1ccc2c(c1)OC(C(=O)OC)(C(=O)OC)O2)NCC(O)c1cccc(Cl)c1. The van der Waals surface area contributed by atoms with Crippen LogP contribution < -0.4 is 14.8 Å². The molecule has 2 unspecified atom stereocenters. The van der Waals surface area contributed by atoms with Gasteiger partial charge in [0.05, 0.1) is 20.3 Å². The number of halogens is 1. The number of aliphatic hydroxyl groups is 1. The van der Waals surface area contributed by atoms with E-state index in [-0.39, 0.29) is 17.5 Å². The van der Waals surface area contributed by atoms with E-state index in [9.17, 15) is 14.7 Å². The Labute approximate surface area is 191 Å². The fourth-order valence-corrected chi connectivity index (χ4v) is 3.65. The number of methoxy groups -OCH3 is 2. The molecule has 8 nitrogen and oxygen atoms in total. The molecule has 0 aliphatic carbocycles. The maximum absolute atomic E-state index is 12.2. The van der Waals surface area contributed by atoms with Gasteiger partial charge in [0.2, 0.25) is 0 Å². The van der Waals surface area contributed by atoms with E-state index in [0.717, 1.165) is 31.8 Å². The molecule has 2 N–H and O–H groups in total. The Morgan fingerprint density at radius 1 is 1.09 bits per heavy atom. The summed E-state index contributed by atoms with van der Waals surface area (Å²) < 4.78 is 20.4. The van der Waals surface area contributed by atoms with Gasteiger partial charge in [-0.25, -0.2) is 9.59 Å². The Balaban J connectivity index is 1.67. The second-order valence-corrected chi connectivity index (χ2v) is 7.81. The number of rotatable bonds is 9. The zero-order valence-electron chi connectivity index (χ0n) is 18.1. The number of aliphatic hydroxyl groups excluding tert-OH is 1. The van der Waals surface area contributed by atoms with E-state index < -0.39 is 23.8 Å². The van der Waals surface area contributed by atoms with Crippen LogP contribution in [0, 0.1) is 0 Å². The lowest BCUT2D eigenvalue weighted by atomic mass is 10.0. The van der Waals surface area contributed by atoms with Gasteiger partial charge in [0, 0.05) is 17.6 Å². The van der Waals surface area contributed by atoms with Crippen LogP contribution in [0.2, 0.25) is 5.02 Å². The van der Waals surface area contributed by atoms with E-state index in [1.807, 2.05) is 19.1 Å². The highest BCUT2D eigenvalue weighted by molar-refractivity contribution is 6.30. The lowest BCUT2D eigenvalue weighted by molar-refractivity contribution is -0.199. The van der Waals surface area contributed by atoms with Crippen molar-refractivity contribution in [3.05, 3.63) is 58.6 Å². The molecule has 2 atom stereocenters. The molecule has 0 bridgehead atoms. The van der Waals surface area contributed by atoms with E-state index in [4.69, 9.17) is 21.1 Å². The molecular weight excluding hydrogens is 438 g/mol. The maximum Gasteiger partial charge on any atom is 0.453 e. The van der Waals surface area contributed by atoms with Crippen molar-refractivity contribution in [1.82, 2.24) is 5.32 Å². The van der Waals surface area contributed by atoms with Crippen molar-refractivity contribution in [2.24, 2.45) is 0 Å². The van der Waals surface area contributed by atoms with Crippen molar-refractivity contribution in [3.8, 4) is 11.5 Å². The number of ether oxygens (including phenoxy) is 4. The van der Waals surface area contributed by atoms with E-state index in [1.54, 1.807) is 30.3 Å². The van der Waals surface area contributed by atoms with E-state index in [0.29, 0.717) is 18.0 Å². The number of hydrogen-bond donors (Lipinski definition) is 2. The van der Waals surface area contributed by atoms with Crippen LogP contribution in [0.1, 0.15) is 30.6 Å². The molecule has 0 fully saturated rings. The zero-order chi connectivity index (χ0) is 23.3. The molecule has 9 heteroatoms. The van der Waals surface area contributed by atoms with Crippen LogP contribution in [-0.4, -0.2) is 49.6 Å². The quantitative estimate of drug-likeness (QED) is 0.432. The molecule has 2 aromatic carbocycles. The van der Waals surface area contributed by atoms with Crippen LogP contribution in [0.3, 0.4) is 0 Å². The van der Waals surface area contributed by atoms with Crippen molar-refractivity contribution >= 4 is 23.5 Å². The summed E-state index contributed by atoms with van der Waals surface area (Å²) >= 11 is 6.00. The number of carbonyl (C=O) groups excluding carboxylic acids is 2. The molecular formula is C23H26ClNO7. The minimum absolute atomic E-state index is 0.0650. The molecule has 0 saturated heterocycles. The van der Waals surface area contributed by atoms with Gasteiger partial charge in [-0.1, -0.05) is 36.7 Å². The normalized spacial score (nSPS) is 15.7. The van der Waals surface area contributed by atoms with Crippen LogP contribution in [0.5, 0.6) is 11.5 Å². The summed E-state index contributed by atoms with van der Waals surface area (Å²) in [6, 6.07) is 12.3. The minimum atomic E-state index is -2.31. The predicted octanol–water partition coefficient (Wildman–Crippen LogP) is 2.80. The highest BCUT2D eigenvalue weighted by atomic mass is 35.5. The Kier molecular flexibility index (Phi) is 7.60. The van der Waals surface area contributed by atoms with Gasteiger partial charge in [0.15, 0.2) is 11.5 Å². The van der Waals surface area contributed by atoms with Crippen LogP contribution in [0.25, 0.3) is 0 Å². The second-order valence-electron chi connectivity index (χ2n) is 7.37. The van der Waals surface area contributed by atoms with Crippen molar-refractivity contribution in [1.29, 1.82) is 0 Å². The first-order valence-electron chi connectivity index (χ1n) is 10.2. The molecule has 2 aromatic rings. The number of hydrogen-bond acceptors (Lipinski definition) is 8. The maximum atomic E-state index is 12.2. The highest BCUT2D eigenvalue weighted by Crippen LogP contribution is 2.41. The van der Waals surface area contributed by atoms with Gasteiger partial charge in [-0.3, -0.25) is 0 Å². The standard InChI is InChI=1S/C23H26ClNO7/c1-4-17(25-13-18(26)15-6-5-7-16(24)12-15)10-14-8-9-19-20(11-14)32-23(31-19,21(27)29-2)22(28)30-3/h5-9,11-12,17-18,25-26H,4,10,13H2,1-3H3. The first kappa shape index (κ1) is 23.8. The molecule has 0 radical (unpaired) electrons. The third kappa shape index (κ3) is 4.98. The smallest absolute Gasteiger partial charge is 0.453 e. The van der Waals surface area contributed by atoms with Gasteiger partial charge in [-0.15, -0.1) is 0 Å². The van der Waals surface area contributed by atoms with E-state index in [1.165, 1.54) is 0 Å². The Morgan fingerprint density at radius 3 is 2.41 bits per heavy atom. The lowest BCUT2D eigenvalue weighted by Crippen LogP contribution is -2.55. The summed E-state index contributed by atoms with van der Waals surface area (Å²) in [5.41, 5.74) is 1.64. The average molecular weight is 464 g/mol. The van der Waals surface area contributed by atoms with Crippen molar-refractivity contribution < 1.29 is 33.6 Å². The van der Waals surface area contributed by atoms with Crippen LogP contribution in [0.4, 0.5) is 0 Å². The van der Waals surface area contributed by atoms with Crippen LogP contribution in [-0.2, 0) is 25.5 Å². The predicted molar refractivity (Wildman–Crippen MR) is 117 cm³/mol. The first-order valence-corrected chi connectivity index (χ1v) is 10.6. The highest BCUT2D eigenvalue weighted by Gasteiger charge is 2.59. The largest absolute Gasteiger partial charge is 0.463 e. The number of fused-ring (bicyclic) bond motifs is 1. The summed E-state index contributed by atoms with van der Waals surface area (Å²) in [5, 5.41) is 14.4. The molecule has 0 amide bonds. The van der Waals surface area contributed by atoms with Gasteiger partial charge >= 0.3 is 17.7 Å². The Bertz CT molecular complexity index is 965.